The van der Waals surface area contributed by atoms with Crippen LogP contribution in [0.5, 0.6) is 0 Å². The van der Waals surface area contributed by atoms with Crippen molar-refractivity contribution in [3.05, 3.63) is 34.3 Å². The number of benzene rings is 1. The van der Waals surface area contributed by atoms with E-state index in [4.69, 9.17) is 0 Å². The molecule has 0 spiro atoms. The van der Waals surface area contributed by atoms with Crippen LogP contribution in [-0.2, 0) is 11.2 Å². The third-order valence-electron chi connectivity index (χ3n) is 3.71. The predicted molar refractivity (Wildman–Crippen MR) is 81.1 cm³/mol. The minimum atomic E-state index is -0.695. The van der Waals surface area contributed by atoms with Crippen molar-refractivity contribution in [2.24, 2.45) is 0 Å². The van der Waals surface area contributed by atoms with Crippen LogP contribution >= 0.6 is 15.9 Å². The molecule has 20 heavy (non-hydrogen) atoms. The highest BCUT2D eigenvalue weighted by Crippen LogP contribution is 2.21. The number of piperidine rings is 1. The molecule has 0 radical (unpaired) electrons. The second-order valence-electron chi connectivity index (χ2n) is 5.35. The van der Waals surface area contributed by atoms with Crippen LogP contribution in [0.25, 0.3) is 0 Å². The number of nitrogens with one attached hydrogen (secondary N) is 1. The van der Waals surface area contributed by atoms with E-state index in [1.54, 1.807) is 0 Å². The molecule has 1 amide bonds. The molecule has 1 aliphatic heterocycles. The Kier molecular flexibility index (Phi) is 4.79. The highest BCUT2D eigenvalue weighted by molar-refractivity contribution is 9.10. The molecule has 1 saturated heterocycles. The summed E-state index contributed by atoms with van der Waals surface area (Å²) in [4.78, 5) is 14.3. The number of rotatable bonds is 3. The van der Waals surface area contributed by atoms with Crippen molar-refractivity contribution < 1.29 is 4.79 Å². The van der Waals surface area contributed by atoms with Gasteiger partial charge < -0.3 is 10.2 Å². The fourth-order valence-corrected chi connectivity index (χ4v) is 2.63. The van der Waals surface area contributed by atoms with Gasteiger partial charge in [-0.2, -0.15) is 5.26 Å². The number of nitriles is 1. The molecule has 1 aliphatic rings. The van der Waals surface area contributed by atoms with Crippen molar-refractivity contribution in [2.45, 2.75) is 24.8 Å². The maximum Gasteiger partial charge on any atom is 0.225 e. The van der Waals surface area contributed by atoms with Gasteiger partial charge in [0, 0.05) is 17.6 Å². The van der Waals surface area contributed by atoms with Gasteiger partial charge in [-0.3, -0.25) is 4.79 Å². The summed E-state index contributed by atoms with van der Waals surface area (Å²) in [6, 6.07) is 9.96. The summed E-state index contributed by atoms with van der Waals surface area (Å²) < 4.78 is 0.991. The zero-order chi connectivity index (χ0) is 14.6. The third-order valence-corrected chi connectivity index (χ3v) is 4.24. The number of nitrogens with zero attached hydrogens (tertiary/aromatic N) is 2. The first-order chi connectivity index (χ1) is 9.53. The van der Waals surface area contributed by atoms with E-state index >= 15 is 0 Å². The van der Waals surface area contributed by atoms with E-state index in [9.17, 15) is 10.1 Å². The Morgan fingerprint density at radius 2 is 2.00 bits per heavy atom. The van der Waals surface area contributed by atoms with Gasteiger partial charge in [-0.1, -0.05) is 28.1 Å². The summed E-state index contributed by atoms with van der Waals surface area (Å²) in [7, 11) is 2.03. The minimum Gasteiger partial charge on any atom is -0.337 e. The van der Waals surface area contributed by atoms with Crippen molar-refractivity contribution in [3.8, 4) is 6.07 Å². The van der Waals surface area contributed by atoms with Crippen LogP contribution in [0.4, 0.5) is 0 Å². The Morgan fingerprint density at radius 3 is 2.55 bits per heavy atom. The Bertz CT molecular complexity index is 513. The van der Waals surface area contributed by atoms with Gasteiger partial charge in [-0.15, -0.1) is 0 Å². The largest absolute Gasteiger partial charge is 0.337 e. The van der Waals surface area contributed by atoms with Crippen molar-refractivity contribution in [2.75, 3.05) is 20.1 Å². The van der Waals surface area contributed by atoms with Crippen molar-refractivity contribution in [1.29, 1.82) is 5.26 Å². The SMILES string of the molecule is CN1CCC(C#N)(NC(=O)Cc2ccc(Br)cc2)CC1. The highest BCUT2D eigenvalue weighted by atomic mass is 79.9. The van der Waals surface area contributed by atoms with Gasteiger partial charge in [0.15, 0.2) is 0 Å². The average Bonchev–Trinajstić information content (AvgIpc) is 2.44. The summed E-state index contributed by atoms with van der Waals surface area (Å²) in [6.07, 6.45) is 1.69. The normalized spacial score (nSPS) is 18.2. The maximum atomic E-state index is 12.1. The van der Waals surface area contributed by atoms with Crippen molar-refractivity contribution in [1.82, 2.24) is 10.2 Å². The lowest BCUT2D eigenvalue weighted by Crippen LogP contribution is -2.54. The standard InChI is InChI=1S/C15H18BrN3O/c1-19-8-6-15(11-17,7-9-19)18-14(20)10-12-2-4-13(16)5-3-12/h2-5H,6-10H2,1H3,(H,18,20). The molecular weight excluding hydrogens is 318 g/mol. The Balaban J connectivity index is 1.96. The van der Waals surface area contributed by atoms with E-state index in [-0.39, 0.29) is 5.91 Å². The van der Waals surface area contributed by atoms with Gasteiger partial charge in [0.05, 0.1) is 12.5 Å². The number of likely N-dealkylation sites (tertiary alicyclic amines) is 1. The first-order valence-electron chi connectivity index (χ1n) is 6.68. The maximum absolute atomic E-state index is 12.1. The highest BCUT2D eigenvalue weighted by Gasteiger charge is 2.35. The summed E-state index contributed by atoms with van der Waals surface area (Å²) in [6.45, 7) is 1.68. The summed E-state index contributed by atoms with van der Waals surface area (Å²) >= 11 is 3.37. The molecule has 0 aliphatic carbocycles. The van der Waals surface area contributed by atoms with Crippen LogP contribution in [-0.4, -0.2) is 36.5 Å². The second kappa shape index (κ2) is 6.38. The van der Waals surface area contributed by atoms with E-state index in [1.807, 2.05) is 31.3 Å². The monoisotopic (exact) mass is 335 g/mol. The first-order valence-corrected chi connectivity index (χ1v) is 7.47. The zero-order valence-corrected chi connectivity index (χ0v) is 13.1. The van der Waals surface area contributed by atoms with E-state index in [1.165, 1.54) is 0 Å². The molecule has 5 heteroatoms. The van der Waals surface area contributed by atoms with E-state index in [2.05, 4.69) is 32.2 Å². The number of carbonyl (C=O) groups is 1. The lowest BCUT2D eigenvalue weighted by Gasteiger charge is -2.36. The molecular formula is C15H18BrN3O. The Hall–Kier alpha value is -1.38. The van der Waals surface area contributed by atoms with Crippen LogP contribution < -0.4 is 5.32 Å². The summed E-state index contributed by atoms with van der Waals surface area (Å²) in [5, 5.41) is 12.3. The molecule has 1 fully saturated rings. The molecule has 0 bridgehead atoms. The van der Waals surface area contributed by atoms with Gasteiger partial charge in [0.2, 0.25) is 5.91 Å². The molecule has 106 valence electrons. The van der Waals surface area contributed by atoms with E-state index < -0.39 is 5.54 Å². The smallest absolute Gasteiger partial charge is 0.225 e. The van der Waals surface area contributed by atoms with Gasteiger partial charge in [-0.25, -0.2) is 0 Å². The molecule has 0 aromatic heterocycles. The van der Waals surface area contributed by atoms with Crippen LogP contribution in [0.2, 0.25) is 0 Å². The fourth-order valence-electron chi connectivity index (χ4n) is 2.36. The van der Waals surface area contributed by atoms with Gasteiger partial charge in [0.1, 0.15) is 5.54 Å². The Labute approximate surface area is 127 Å². The molecule has 1 aromatic carbocycles. The molecule has 0 unspecified atom stereocenters. The number of hydrogen-bond acceptors (Lipinski definition) is 3. The lowest BCUT2D eigenvalue weighted by atomic mass is 9.89. The Morgan fingerprint density at radius 1 is 1.40 bits per heavy atom. The molecule has 0 saturated carbocycles. The lowest BCUT2D eigenvalue weighted by molar-refractivity contribution is -0.122. The van der Waals surface area contributed by atoms with Crippen molar-refractivity contribution >= 4 is 21.8 Å². The number of amides is 1. The molecule has 0 atom stereocenters. The number of hydrogen-bond donors (Lipinski definition) is 1. The van der Waals surface area contributed by atoms with Crippen molar-refractivity contribution in [3.63, 3.8) is 0 Å². The molecule has 1 heterocycles. The van der Waals surface area contributed by atoms with Gasteiger partial charge >= 0.3 is 0 Å². The summed E-state index contributed by atoms with van der Waals surface area (Å²) in [5.74, 6) is -0.0848. The van der Waals surface area contributed by atoms with Crippen LogP contribution in [0.15, 0.2) is 28.7 Å². The number of carbonyl (C=O) groups excluding carboxylic acids is 1. The van der Waals surface area contributed by atoms with Crippen LogP contribution in [0, 0.1) is 11.3 Å². The van der Waals surface area contributed by atoms with Gasteiger partial charge in [-0.05, 0) is 37.6 Å². The number of halogens is 1. The summed E-state index contributed by atoms with van der Waals surface area (Å²) in [5.41, 5.74) is 0.255. The van der Waals surface area contributed by atoms with E-state index in [0.717, 1.165) is 23.1 Å². The molecule has 1 N–H and O–H groups in total. The molecule has 4 nitrogen and oxygen atoms in total. The van der Waals surface area contributed by atoms with Gasteiger partial charge in [0.25, 0.3) is 0 Å². The van der Waals surface area contributed by atoms with Crippen LogP contribution in [0.3, 0.4) is 0 Å². The average molecular weight is 336 g/mol. The second-order valence-corrected chi connectivity index (χ2v) is 6.26. The molecule has 1 aromatic rings. The fraction of sp³-hybridized carbons (Fsp3) is 0.467. The first kappa shape index (κ1) is 15.0. The van der Waals surface area contributed by atoms with E-state index in [0.29, 0.717) is 19.3 Å². The quantitative estimate of drug-likeness (QED) is 0.920. The topological polar surface area (TPSA) is 56.1 Å². The molecule has 2 rings (SSSR count). The minimum absolute atomic E-state index is 0.0848. The third kappa shape index (κ3) is 3.81. The zero-order valence-electron chi connectivity index (χ0n) is 11.5. The predicted octanol–water partition coefficient (Wildman–Crippen LogP) is 2.10. The van der Waals surface area contributed by atoms with Crippen LogP contribution in [0.1, 0.15) is 18.4 Å².